The zero-order valence-corrected chi connectivity index (χ0v) is 13.8. The molecule has 0 atom stereocenters. The molecular formula is C16H19BrFN3. The fourth-order valence-corrected chi connectivity index (χ4v) is 2.49. The molecule has 2 rings (SSSR count). The monoisotopic (exact) mass is 351 g/mol. The van der Waals surface area contributed by atoms with Crippen LogP contribution < -0.4 is 10.2 Å². The highest BCUT2D eigenvalue weighted by molar-refractivity contribution is 9.10. The van der Waals surface area contributed by atoms with Gasteiger partial charge in [-0.2, -0.15) is 0 Å². The minimum Gasteiger partial charge on any atom is -0.380 e. The number of rotatable bonds is 6. The largest absolute Gasteiger partial charge is 0.380 e. The van der Waals surface area contributed by atoms with E-state index in [4.69, 9.17) is 0 Å². The lowest BCUT2D eigenvalue weighted by Gasteiger charge is -2.19. The van der Waals surface area contributed by atoms with Crippen LogP contribution in [0.4, 0.5) is 15.9 Å². The highest BCUT2D eigenvalue weighted by atomic mass is 79.9. The van der Waals surface area contributed by atoms with Gasteiger partial charge in [0.25, 0.3) is 0 Å². The molecule has 2 aromatic rings. The number of aromatic nitrogens is 1. The van der Waals surface area contributed by atoms with Gasteiger partial charge in [0.05, 0.1) is 11.9 Å². The Hall–Kier alpha value is -1.62. The van der Waals surface area contributed by atoms with E-state index < -0.39 is 0 Å². The van der Waals surface area contributed by atoms with E-state index in [0.29, 0.717) is 6.54 Å². The number of pyridine rings is 1. The summed E-state index contributed by atoms with van der Waals surface area (Å²) in [5, 5.41) is 3.25. The molecule has 0 radical (unpaired) electrons. The van der Waals surface area contributed by atoms with Gasteiger partial charge in [-0.25, -0.2) is 9.37 Å². The summed E-state index contributed by atoms with van der Waals surface area (Å²) >= 11 is 3.42. The van der Waals surface area contributed by atoms with E-state index in [2.05, 4.69) is 45.0 Å². The van der Waals surface area contributed by atoms with Gasteiger partial charge < -0.3 is 10.2 Å². The van der Waals surface area contributed by atoms with Crippen LogP contribution in [0.5, 0.6) is 0 Å². The number of hydrogen-bond donors (Lipinski definition) is 1. The van der Waals surface area contributed by atoms with E-state index in [-0.39, 0.29) is 5.82 Å². The average molecular weight is 352 g/mol. The topological polar surface area (TPSA) is 28.2 Å². The van der Waals surface area contributed by atoms with Crippen molar-refractivity contribution in [3.8, 4) is 0 Å². The lowest BCUT2D eigenvalue weighted by atomic mass is 10.2. The van der Waals surface area contributed by atoms with Crippen LogP contribution in [0.15, 0.2) is 41.0 Å². The summed E-state index contributed by atoms with van der Waals surface area (Å²) in [6.45, 7) is 6.64. The van der Waals surface area contributed by atoms with Crippen LogP contribution in [-0.2, 0) is 6.54 Å². The molecule has 21 heavy (non-hydrogen) atoms. The predicted octanol–water partition coefficient (Wildman–Crippen LogP) is 4.44. The third-order valence-corrected chi connectivity index (χ3v) is 4.10. The van der Waals surface area contributed by atoms with Gasteiger partial charge >= 0.3 is 0 Å². The second-order valence-electron chi connectivity index (χ2n) is 4.67. The van der Waals surface area contributed by atoms with Crippen molar-refractivity contribution in [2.24, 2.45) is 0 Å². The Morgan fingerprint density at radius 3 is 2.57 bits per heavy atom. The van der Waals surface area contributed by atoms with Gasteiger partial charge in [-0.15, -0.1) is 0 Å². The third kappa shape index (κ3) is 4.17. The molecule has 0 bridgehead atoms. The van der Waals surface area contributed by atoms with Crippen LogP contribution in [0.25, 0.3) is 0 Å². The lowest BCUT2D eigenvalue weighted by Crippen LogP contribution is -2.22. The van der Waals surface area contributed by atoms with Gasteiger partial charge in [-0.3, -0.25) is 0 Å². The Balaban J connectivity index is 2.02. The van der Waals surface area contributed by atoms with E-state index in [1.165, 1.54) is 12.1 Å². The molecule has 0 aliphatic heterocycles. The molecule has 3 nitrogen and oxygen atoms in total. The van der Waals surface area contributed by atoms with E-state index >= 15 is 0 Å². The first-order chi connectivity index (χ1) is 10.1. The minimum absolute atomic E-state index is 0.231. The van der Waals surface area contributed by atoms with Gasteiger partial charge in [0.15, 0.2) is 0 Å². The van der Waals surface area contributed by atoms with E-state index in [9.17, 15) is 4.39 Å². The second-order valence-corrected chi connectivity index (χ2v) is 5.52. The van der Waals surface area contributed by atoms with Crippen molar-refractivity contribution in [2.75, 3.05) is 23.3 Å². The van der Waals surface area contributed by atoms with Crippen molar-refractivity contribution in [3.63, 3.8) is 0 Å². The maximum atomic E-state index is 13.2. The van der Waals surface area contributed by atoms with Gasteiger partial charge in [0.2, 0.25) is 0 Å². The molecule has 1 aromatic carbocycles. The summed E-state index contributed by atoms with van der Waals surface area (Å²) in [4.78, 5) is 6.64. The molecule has 112 valence electrons. The van der Waals surface area contributed by atoms with E-state index in [0.717, 1.165) is 34.6 Å². The molecule has 0 fully saturated rings. The van der Waals surface area contributed by atoms with Gasteiger partial charge in [0, 0.05) is 24.1 Å². The van der Waals surface area contributed by atoms with Crippen molar-refractivity contribution < 1.29 is 4.39 Å². The number of nitrogens with zero attached hydrogens (tertiary/aromatic N) is 2. The normalized spacial score (nSPS) is 10.5. The van der Waals surface area contributed by atoms with E-state index in [1.54, 1.807) is 12.3 Å². The maximum absolute atomic E-state index is 13.2. The Labute approximate surface area is 133 Å². The highest BCUT2D eigenvalue weighted by Gasteiger charge is 2.04. The summed E-state index contributed by atoms with van der Waals surface area (Å²) in [6.07, 6.45) is 1.81. The fraction of sp³-hybridized carbons (Fsp3) is 0.312. The number of benzene rings is 1. The Morgan fingerprint density at radius 1 is 1.19 bits per heavy atom. The van der Waals surface area contributed by atoms with Crippen molar-refractivity contribution >= 4 is 27.4 Å². The fourth-order valence-electron chi connectivity index (χ4n) is 2.10. The van der Waals surface area contributed by atoms with Crippen LogP contribution in [0, 0.1) is 5.82 Å². The highest BCUT2D eigenvalue weighted by Crippen LogP contribution is 2.20. The minimum atomic E-state index is -0.231. The second kappa shape index (κ2) is 7.41. The molecule has 1 aromatic heterocycles. The smallest absolute Gasteiger partial charge is 0.128 e. The van der Waals surface area contributed by atoms with Crippen molar-refractivity contribution in [3.05, 3.63) is 52.4 Å². The maximum Gasteiger partial charge on any atom is 0.128 e. The van der Waals surface area contributed by atoms with Gasteiger partial charge in [0.1, 0.15) is 11.6 Å². The van der Waals surface area contributed by atoms with Crippen LogP contribution in [0.2, 0.25) is 0 Å². The molecule has 0 spiro atoms. The molecule has 1 N–H and O–H groups in total. The summed E-state index contributed by atoms with van der Waals surface area (Å²) in [5.74, 6) is 0.738. The average Bonchev–Trinajstić information content (AvgIpc) is 2.51. The molecule has 0 unspecified atom stereocenters. The summed E-state index contributed by atoms with van der Waals surface area (Å²) in [7, 11) is 0. The van der Waals surface area contributed by atoms with Crippen molar-refractivity contribution in [1.82, 2.24) is 4.98 Å². The first-order valence-electron chi connectivity index (χ1n) is 7.02. The standard InChI is InChI=1S/C16H19BrFN3/c1-3-21(4-2)16-8-6-14(11-20-16)19-10-12-9-13(18)5-7-15(12)17/h5-9,11,19H,3-4,10H2,1-2H3. The van der Waals surface area contributed by atoms with Crippen LogP contribution in [0.3, 0.4) is 0 Å². The quantitative estimate of drug-likeness (QED) is 0.833. The number of anilines is 2. The summed E-state index contributed by atoms with van der Waals surface area (Å²) < 4.78 is 14.1. The van der Waals surface area contributed by atoms with Crippen molar-refractivity contribution in [1.29, 1.82) is 0 Å². The molecular weight excluding hydrogens is 333 g/mol. The Morgan fingerprint density at radius 2 is 1.95 bits per heavy atom. The predicted molar refractivity (Wildman–Crippen MR) is 89.2 cm³/mol. The van der Waals surface area contributed by atoms with Gasteiger partial charge in [-0.1, -0.05) is 15.9 Å². The first kappa shape index (κ1) is 15.8. The molecule has 5 heteroatoms. The SMILES string of the molecule is CCN(CC)c1ccc(NCc2cc(F)ccc2Br)cn1. The summed E-state index contributed by atoms with van der Waals surface area (Å²) in [6, 6.07) is 8.67. The zero-order chi connectivity index (χ0) is 15.2. The Kier molecular flexibility index (Phi) is 5.56. The third-order valence-electron chi connectivity index (χ3n) is 3.33. The number of hydrogen-bond acceptors (Lipinski definition) is 3. The lowest BCUT2D eigenvalue weighted by molar-refractivity contribution is 0.625. The summed E-state index contributed by atoms with van der Waals surface area (Å²) in [5.41, 5.74) is 1.80. The molecule has 0 saturated heterocycles. The molecule has 1 heterocycles. The zero-order valence-electron chi connectivity index (χ0n) is 12.2. The van der Waals surface area contributed by atoms with Crippen LogP contribution in [0.1, 0.15) is 19.4 Å². The Bertz CT molecular complexity index is 583. The van der Waals surface area contributed by atoms with E-state index in [1.807, 2.05) is 12.1 Å². The van der Waals surface area contributed by atoms with Crippen LogP contribution in [-0.4, -0.2) is 18.1 Å². The molecule has 0 saturated carbocycles. The molecule has 0 amide bonds. The number of halogens is 2. The van der Waals surface area contributed by atoms with Gasteiger partial charge in [-0.05, 0) is 49.7 Å². The molecule has 0 aliphatic carbocycles. The van der Waals surface area contributed by atoms with Crippen molar-refractivity contribution in [2.45, 2.75) is 20.4 Å². The number of nitrogens with one attached hydrogen (secondary N) is 1. The van der Waals surface area contributed by atoms with Crippen LogP contribution >= 0.6 is 15.9 Å². The molecule has 0 aliphatic rings. The first-order valence-corrected chi connectivity index (χ1v) is 7.82.